The van der Waals surface area contributed by atoms with Crippen molar-refractivity contribution >= 4 is 46.3 Å². The van der Waals surface area contributed by atoms with Gasteiger partial charge >= 0.3 is 6.03 Å². The summed E-state index contributed by atoms with van der Waals surface area (Å²) in [7, 11) is 0. The highest BCUT2D eigenvalue weighted by atomic mass is 16.2. The molecular formula is C41H53N9O6. The number of unbranched alkanes of at least 4 members (excludes halogenated alkanes) is 1. The Bertz CT molecular complexity index is 1940. The van der Waals surface area contributed by atoms with Crippen molar-refractivity contribution in [2.45, 2.75) is 89.6 Å². The number of urea groups is 1. The molecule has 5 atom stereocenters. The van der Waals surface area contributed by atoms with Gasteiger partial charge in [0.05, 0.1) is 18.6 Å². The summed E-state index contributed by atoms with van der Waals surface area (Å²) < 4.78 is 0. The summed E-state index contributed by atoms with van der Waals surface area (Å²) in [6, 6.07) is 19.6. The van der Waals surface area contributed by atoms with E-state index >= 15 is 0 Å². The number of hydrogen-bond acceptors (Lipinski definition) is 8. The maximum absolute atomic E-state index is 14.3. The second-order valence-electron chi connectivity index (χ2n) is 13.8. The molecule has 0 aliphatic heterocycles. The molecule has 0 aliphatic carbocycles. The molecule has 1 aromatic heterocycles. The van der Waals surface area contributed by atoms with E-state index in [0.717, 1.165) is 27.0 Å². The maximum Gasteiger partial charge on any atom is 0.337 e. The van der Waals surface area contributed by atoms with E-state index in [1.165, 1.54) is 20.8 Å². The lowest BCUT2D eigenvalue weighted by molar-refractivity contribution is -0.133. The minimum Gasteiger partial charge on any atom is -0.361 e. The number of hydrazine groups is 1. The van der Waals surface area contributed by atoms with Crippen LogP contribution in [0.2, 0.25) is 0 Å². The molecule has 0 bridgehead atoms. The zero-order valence-electron chi connectivity index (χ0n) is 32.0. The van der Waals surface area contributed by atoms with Crippen LogP contribution < -0.4 is 38.2 Å². The number of benzene rings is 3. The number of rotatable bonds is 19. The van der Waals surface area contributed by atoms with Crippen LogP contribution in [0.3, 0.4) is 0 Å². The maximum atomic E-state index is 14.3. The van der Waals surface area contributed by atoms with Gasteiger partial charge in [-0.15, -0.1) is 0 Å². The van der Waals surface area contributed by atoms with Crippen LogP contribution >= 0.6 is 0 Å². The number of hydrogen-bond donors (Lipinski definition) is 8. The molecular weight excluding hydrogens is 715 g/mol. The number of fused-ring (bicyclic) bond motifs is 1. The van der Waals surface area contributed by atoms with Crippen LogP contribution in [-0.4, -0.2) is 82.2 Å². The monoisotopic (exact) mass is 767 g/mol. The number of amides is 6. The van der Waals surface area contributed by atoms with Crippen molar-refractivity contribution in [3.8, 4) is 0 Å². The van der Waals surface area contributed by atoms with Crippen molar-refractivity contribution in [1.29, 1.82) is 0 Å². The van der Waals surface area contributed by atoms with Crippen LogP contribution in [0.15, 0.2) is 91.1 Å². The van der Waals surface area contributed by atoms with Crippen LogP contribution in [0.4, 0.5) is 4.79 Å². The Kier molecular flexibility index (Phi) is 16.1. The average molecular weight is 768 g/mol. The SMILES string of the molecule is CC(=O)[C@H](CCCCN)NC(=O)[C@@H](Cc1ccccc1)NC(=O)[C@H](Cc1c[nH]c2ccccc12)NC(=O)[C@H](C)NC(=O)N(Cc1ccccc1)NC(=O)[C@H](C)N. The van der Waals surface area contributed by atoms with E-state index in [-0.39, 0.29) is 25.2 Å². The fourth-order valence-corrected chi connectivity index (χ4v) is 5.99. The molecule has 0 aliphatic rings. The largest absolute Gasteiger partial charge is 0.361 e. The first-order valence-corrected chi connectivity index (χ1v) is 18.7. The van der Waals surface area contributed by atoms with E-state index in [1.54, 1.807) is 30.5 Å². The highest BCUT2D eigenvalue weighted by Gasteiger charge is 2.31. The Labute approximate surface area is 326 Å². The Morgan fingerprint density at radius 2 is 1.25 bits per heavy atom. The van der Waals surface area contributed by atoms with Gasteiger partial charge in [-0.25, -0.2) is 9.80 Å². The van der Waals surface area contributed by atoms with Gasteiger partial charge in [-0.3, -0.25) is 29.4 Å². The van der Waals surface area contributed by atoms with Crippen molar-refractivity contribution in [2.24, 2.45) is 11.5 Å². The van der Waals surface area contributed by atoms with Gasteiger partial charge in [-0.05, 0) is 69.3 Å². The topological polar surface area (TPSA) is 234 Å². The predicted molar refractivity (Wildman–Crippen MR) is 213 cm³/mol. The van der Waals surface area contributed by atoms with Crippen molar-refractivity contribution in [3.05, 3.63) is 108 Å². The molecule has 0 unspecified atom stereocenters. The zero-order chi connectivity index (χ0) is 40.6. The lowest BCUT2D eigenvalue weighted by atomic mass is 10.0. The number of aromatic nitrogens is 1. The number of H-pyrrole nitrogens is 1. The van der Waals surface area contributed by atoms with E-state index in [2.05, 4.69) is 31.7 Å². The van der Waals surface area contributed by atoms with Crippen LogP contribution in [0, 0.1) is 0 Å². The summed E-state index contributed by atoms with van der Waals surface area (Å²) in [5.41, 5.74) is 16.9. The first-order valence-electron chi connectivity index (χ1n) is 18.7. The Morgan fingerprint density at radius 3 is 1.88 bits per heavy atom. The molecule has 298 valence electrons. The summed E-state index contributed by atoms with van der Waals surface area (Å²) in [4.78, 5) is 83.5. The summed E-state index contributed by atoms with van der Waals surface area (Å²) in [6.45, 7) is 4.75. The molecule has 4 rings (SSSR count). The summed E-state index contributed by atoms with van der Waals surface area (Å²) in [6.07, 6.45) is 3.60. The second kappa shape index (κ2) is 21.1. The summed E-state index contributed by atoms with van der Waals surface area (Å²) in [5, 5.41) is 12.9. The minimum absolute atomic E-state index is 0.0204. The highest BCUT2D eigenvalue weighted by molar-refractivity contribution is 5.96. The lowest BCUT2D eigenvalue weighted by Gasteiger charge is -2.28. The van der Waals surface area contributed by atoms with E-state index in [9.17, 15) is 28.8 Å². The second-order valence-corrected chi connectivity index (χ2v) is 13.8. The fraction of sp³-hybridized carbons (Fsp3) is 0.366. The van der Waals surface area contributed by atoms with Crippen LogP contribution in [0.5, 0.6) is 0 Å². The van der Waals surface area contributed by atoms with Gasteiger partial charge in [0, 0.05) is 29.9 Å². The van der Waals surface area contributed by atoms with Gasteiger partial charge < -0.3 is 37.7 Å². The van der Waals surface area contributed by atoms with Crippen LogP contribution in [0.25, 0.3) is 10.9 Å². The third-order valence-electron chi connectivity index (χ3n) is 9.22. The van der Waals surface area contributed by atoms with Crippen molar-refractivity contribution in [1.82, 2.24) is 36.7 Å². The van der Waals surface area contributed by atoms with Gasteiger partial charge in [0.25, 0.3) is 5.91 Å². The van der Waals surface area contributed by atoms with E-state index < -0.39 is 59.9 Å². The van der Waals surface area contributed by atoms with Crippen molar-refractivity contribution < 1.29 is 28.8 Å². The van der Waals surface area contributed by atoms with Gasteiger partial charge in [0.2, 0.25) is 17.7 Å². The smallest absolute Gasteiger partial charge is 0.337 e. The molecule has 10 N–H and O–H groups in total. The Balaban J connectivity index is 1.57. The molecule has 15 heteroatoms. The summed E-state index contributed by atoms with van der Waals surface area (Å²) in [5.74, 6) is -2.74. The van der Waals surface area contributed by atoms with E-state index in [4.69, 9.17) is 11.5 Å². The van der Waals surface area contributed by atoms with Gasteiger partial charge in [0.15, 0.2) is 5.78 Å². The fourth-order valence-electron chi connectivity index (χ4n) is 5.99. The number of Topliss-reactive ketones (excluding diaryl/α,β-unsaturated/α-hetero) is 1. The minimum atomic E-state index is -1.21. The molecule has 56 heavy (non-hydrogen) atoms. The number of carbonyl (C=O) groups excluding carboxylic acids is 6. The normalized spacial score (nSPS) is 13.7. The molecule has 0 spiro atoms. The number of nitrogens with zero attached hydrogens (tertiary/aromatic N) is 1. The number of para-hydroxylation sites is 1. The quantitative estimate of drug-likeness (QED) is 0.0519. The number of carbonyl (C=O) groups is 6. The van der Waals surface area contributed by atoms with Gasteiger partial charge in [0.1, 0.15) is 18.1 Å². The first-order chi connectivity index (χ1) is 26.9. The van der Waals surface area contributed by atoms with Crippen molar-refractivity contribution in [3.63, 3.8) is 0 Å². The molecule has 0 radical (unpaired) electrons. The third kappa shape index (κ3) is 12.8. The average Bonchev–Trinajstić information content (AvgIpc) is 3.59. The molecule has 3 aromatic carbocycles. The van der Waals surface area contributed by atoms with Gasteiger partial charge in [-0.1, -0.05) is 78.9 Å². The lowest BCUT2D eigenvalue weighted by Crippen LogP contribution is -2.60. The molecule has 6 amide bonds. The number of aromatic amines is 1. The van der Waals surface area contributed by atoms with E-state index in [0.29, 0.717) is 31.4 Å². The number of ketones is 1. The molecule has 1 heterocycles. The van der Waals surface area contributed by atoms with Crippen LogP contribution in [-0.2, 0) is 43.4 Å². The summed E-state index contributed by atoms with van der Waals surface area (Å²) >= 11 is 0. The zero-order valence-corrected chi connectivity index (χ0v) is 32.0. The number of nitrogens with one attached hydrogen (secondary N) is 6. The Hall–Kier alpha value is -6.06. The third-order valence-corrected chi connectivity index (χ3v) is 9.22. The highest BCUT2D eigenvalue weighted by Crippen LogP contribution is 2.20. The Morgan fingerprint density at radius 1 is 0.679 bits per heavy atom. The standard InChI is InChI=1S/C41H53N9O6/c1-26(43)37(52)49-50(25-30-16-8-5-9-17-30)41(56)45-27(2)38(53)47-36(23-31-24-44-34-20-11-10-18-32(31)34)40(55)48-35(22-29-14-6-4-7-15-29)39(54)46-33(28(3)51)19-12-13-21-42/h4-11,14-18,20,24,26-27,33,35-36,44H,12-13,19,21-23,25,42-43H2,1-3H3,(H,45,56)(H,46,54)(H,47,53)(H,48,55)(H,49,52)/t26-,27-,33-,35+,36-/m0/s1. The molecule has 15 nitrogen and oxygen atoms in total. The predicted octanol–water partition coefficient (Wildman–Crippen LogP) is 2.10. The van der Waals surface area contributed by atoms with Crippen LogP contribution in [0.1, 0.15) is 56.7 Å². The number of nitrogens with two attached hydrogens (primary N) is 2. The first kappa shape index (κ1) is 42.7. The van der Waals surface area contributed by atoms with Gasteiger partial charge in [-0.2, -0.15) is 0 Å². The van der Waals surface area contributed by atoms with Crippen molar-refractivity contribution in [2.75, 3.05) is 6.54 Å². The van der Waals surface area contributed by atoms with E-state index in [1.807, 2.05) is 60.7 Å². The molecule has 4 aromatic rings. The molecule has 0 saturated heterocycles. The molecule has 0 fully saturated rings. The molecule has 0 saturated carbocycles.